The lowest BCUT2D eigenvalue weighted by atomic mass is 10.0. The van der Waals surface area contributed by atoms with Crippen molar-refractivity contribution in [2.75, 3.05) is 0 Å². The van der Waals surface area contributed by atoms with Crippen LogP contribution in [0.3, 0.4) is 0 Å². The maximum atomic E-state index is 13.4. The van der Waals surface area contributed by atoms with Crippen LogP contribution in [0.1, 0.15) is 47.4 Å². The van der Waals surface area contributed by atoms with E-state index in [-0.39, 0.29) is 31.1 Å². The molecule has 0 aliphatic rings. The van der Waals surface area contributed by atoms with Crippen LogP contribution in [0.15, 0.2) is 47.8 Å². The van der Waals surface area contributed by atoms with Gasteiger partial charge in [-0.25, -0.2) is 4.98 Å². The molecule has 3 aromatic rings. The van der Waals surface area contributed by atoms with Crippen molar-refractivity contribution >= 4 is 40.4 Å². The minimum absolute atomic E-state index is 0.0175. The van der Waals surface area contributed by atoms with Gasteiger partial charge in [0.15, 0.2) is 0 Å². The highest BCUT2D eigenvalue weighted by Crippen LogP contribution is 2.28. The first-order chi connectivity index (χ1) is 15.3. The number of amides is 1. The minimum Gasteiger partial charge on any atom is -0.486 e. The zero-order valence-corrected chi connectivity index (χ0v) is 20.5. The first-order valence-electron chi connectivity index (χ1n) is 10.3. The van der Waals surface area contributed by atoms with Gasteiger partial charge < -0.3 is 14.7 Å². The third-order valence-corrected chi connectivity index (χ3v) is 6.64. The Bertz CT molecular complexity index is 1050. The Labute approximate surface area is 202 Å². The Balaban J connectivity index is 1.86. The second kappa shape index (κ2) is 11.1. The minimum atomic E-state index is -0.0996. The number of rotatable bonds is 9. The molecule has 0 saturated carbocycles. The van der Waals surface area contributed by atoms with Crippen LogP contribution in [0, 0.1) is 5.92 Å². The number of aliphatic hydroxyl groups is 1. The van der Waals surface area contributed by atoms with Crippen LogP contribution in [0.5, 0.6) is 5.75 Å². The van der Waals surface area contributed by atoms with Gasteiger partial charge in [0, 0.05) is 39.1 Å². The topological polar surface area (TPSA) is 62.7 Å². The molecule has 3 rings (SSSR count). The number of aliphatic hydroxyl groups excluding tert-OH is 1. The van der Waals surface area contributed by atoms with Gasteiger partial charge >= 0.3 is 0 Å². The molecule has 1 atom stereocenters. The lowest BCUT2D eigenvalue weighted by molar-refractivity contribution is 0.0625. The van der Waals surface area contributed by atoms with Gasteiger partial charge in [-0.1, -0.05) is 37.0 Å². The van der Waals surface area contributed by atoms with Gasteiger partial charge in [-0.05, 0) is 55.3 Å². The average molecular weight is 493 g/mol. The molecule has 1 amide bonds. The van der Waals surface area contributed by atoms with E-state index in [1.54, 1.807) is 35.7 Å². The van der Waals surface area contributed by atoms with E-state index in [1.165, 1.54) is 11.3 Å². The fourth-order valence-corrected chi connectivity index (χ4v) is 4.16. The van der Waals surface area contributed by atoms with E-state index in [2.05, 4.69) is 18.8 Å². The molecule has 1 aromatic heterocycles. The predicted octanol–water partition coefficient (Wildman–Crippen LogP) is 6.21. The Morgan fingerprint density at radius 3 is 2.44 bits per heavy atom. The summed E-state index contributed by atoms with van der Waals surface area (Å²) in [7, 11) is 0. The Kier molecular flexibility index (Phi) is 8.54. The van der Waals surface area contributed by atoms with Crippen LogP contribution in [0.2, 0.25) is 10.0 Å². The molecule has 8 heteroatoms. The smallest absolute Gasteiger partial charge is 0.254 e. The maximum Gasteiger partial charge on any atom is 0.254 e. The summed E-state index contributed by atoms with van der Waals surface area (Å²) in [4.78, 5) is 19.5. The standard InChI is InChI=1S/C24H26Cl2N2O3S/c1-15(2)16(3)28(24(30)17-4-6-19(25)7-5-17)11-18-10-20(26)8-9-22(18)31-13-23-27-21(12-29)14-32-23/h4-10,14-16,29H,11-13H2,1-3H3/t16-/m0/s1. The molecule has 0 unspecified atom stereocenters. The molecule has 5 nitrogen and oxygen atoms in total. The summed E-state index contributed by atoms with van der Waals surface area (Å²) >= 11 is 13.7. The maximum absolute atomic E-state index is 13.4. The normalized spacial score (nSPS) is 12.1. The van der Waals surface area contributed by atoms with Crippen molar-refractivity contribution in [3.63, 3.8) is 0 Å². The van der Waals surface area contributed by atoms with Crippen molar-refractivity contribution < 1.29 is 14.6 Å². The number of benzene rings is 2. The number of aromatic nitrogens is 1. The van der Waals surface area contributed by atoms with Crippen molar-refractivity contribution in [3.8, 4) is 5.75 Å². The number of halogens is 2. The van der Waals surface area contributed by atoms with Crippen LogP contribution < -0.4 is 4.74 Å². The Hall–Kier alpha value is -2.12. The van der Waals surface area contributed by atoms with Crippen molar-refractivity contribution in [3.05, 3.63) is 79.7 Å². The van der Waals surface area contributed by atoms with Crippen molar-refractivity contribution in [2.24, 2.45) is 5.92 Å². The predicted molar refractivity (Wildman–Crippen MR) is 129 cm³/mol. The number of thiazole rings is 1. The van der Waals surface area contributed by atoms with Crippen LogP contribution in [-0.4, -0.2) is 26.9 Å². The van der Waals surface area contributed by atoms with Gasteiger partial charge in [0.25, 0.3) is 5.91 Å². The molecule has 0 aliphatic carbocycles. The fourth-order valence-electron chi connectivity index (χ4n) is 3.14. The molecule has 32 heavy (non-hydrogen) atoms. The summed E-state index contributed by atoms with van der Waals surface area (Å²) in [6, 6.07) is 12.3. The zero-order chi connectivity index (χ0) is 23.3. The Morgan fingerprint density at radius 2 is 1.81 bits per heavy atom. The van der Waals surface area contributed by atoms with Gasteiger partial charge in [0.05, 0.1) is 12.3 Å². The first-order valence-corrected chi connectivity index (χ1v) is 11.9. The fraction of sp³-hybridized carbons (Fsp3) is 0.333. The molecular formula is C24H26Cl2N2O3S. The molecule has 0 bridgehead atoms. The van der Waals surface area contributed by atoms with E-state index >= 15 is 0 Å². The van der Waals surface area contributed by atoms with Gasteiger partial charge in [0.1, 0.15) is 17.4 Å². The molecule has 2 aromatic carbocycles. The molecule has 0 spiro atoms. The molecule has 1 N–H and O–H groups in total. The molecule has 0 radical (unpaired) electrons. The van der Waals surface area contributed by atoms with Crippen LogP contribution in [0.25, 0.3) is 0 Å². The van der Waals surface area contributed by atoms with Crippen LogP contribution in [0.4, 0.5) is 0 Å². The second-order valence-electron chi connectivity index (χ2n) is 7.86. The molecule has 1 heterocycles. The van der Waals surface area contributed by atoms with E-state index < -0.39 is 0 Å². The molecule has 0 aliphatic heterocycles. The number of ether oxygens (including phenoxy) is 1. The second-order valence-corrected chi connectivity index (χ2v) is 9.67. The van der Waals surface area contributed by atoms with E-state index in [0.29, 0.717) is 33.6 Å². The first kappa shape index (κ1) is 24.5. The molecule has 0 saturated heterocycles. The number of nitrogens with zero attached hydrogens (tertiary/aromatic N) is 2. The molecule has 170 valence electrons. The number of hydrogen-bond acceptors (Lipinski definition) is 5. The van der Waals surface area contributed by atoms with Crippen molar-refractivity contribution in [1.82, 2.24) is 9.88 Å². The highest BCUT2D eigenvalue weighted by atomic mass is 35.5. The molecular weight excluding hydrogens is 467 g/mol. The third kappa shape index (κ3) is 6.23. The third-order valence-electron chi connectivity index (χ3n) is 5.28. The lowest BCUT2D eigenvalue weighted by Crippen LogP contribution is -2.41. The van der Waals surface area contributed by atoms with Gasteiger partial charge in [-0.2, -0.15) is 0 Å². The number of hydrogen-bond donors (Lipinski definition) is 1. The Morgan fingerprint density at radius 1 is 1.12 bits per heavy atom. The van der Waals surface area contributed by atoms with Gasteiger partial charge in [-0.15, -0.1) is 11.3 Å². The average Bonchev–Trinajstić information content (AvgIpc) is 3.24. The van der Waals surface area contributed by atoms with E-state index in [4.69, 9.17) is 27.9 Å². The highest BCUT2D eigenvalue weighted by Gasteiger charge is 2.25. The van der Waals surface area contributed by atoms with E-state index in [1.807, 2.05) is 24.0 Å². The number of carbonyl (C=O) groups excluding carboxylic acids is 1. The van der Waals surface area contributed by atoms with Crippen LogP contribution >= 0.6 is 34.5 Å². The highest BCUT2D eigenvalue weighted by molar-refractivity contribution is 7.09. The monoisotopic (exact) mass is 492 g/mol. The van der Waals surface area contributed by atoms with Crippen molar-refractivity contribution in [2.45, 2.75) is 46.6 Å². The van der Waals surface area contributed by atoms with Gasteiger partial charge in [0.2, 0.25) is 0 Å². The SMILES string of the molecule is CC(C)[C@H](C)N(Cc1cc(Cl)ccc1OCc1nc(CO)cs1)C(=O)c1ccc(Cl)cc1. The van der Waals surface area contributed by atoms with Gasteiger partial charge in [-0.3, -0.25) is 4.79 Å². The summed E-state index contributed by atoms with van der Waals surface area (Å²) in [6.45, 7) is 6.72. The summed E-state index contributed by atoms with van der Waals surface area (Å²) < 4.78 is 6.03. The molecule has 0 fully saturated rings. The van der Waals surface area contributed by atoms with Crippen molar-refractivity contribution in [1.29, 1.82) is 0 Å². The number of carbonyl (C=O) groups is 1. The quantitative estimate of drug-likeness (QED) is 0.385. The summed E-state index contributed by atoms with van der Waals surface area (Å²) in [5.41, 5.74) is 2.01. The van der Waals surface area contributed by atoms with Crippen LogP contribution in [-0.2, 0) is 19.8 Å². The summed E-state index contributed by atoms with van der Waals surface area (Å²) in [6.07, 6.45) is 0. The van der Waals surface area contributed by atoms with E-state index in [9.17, 15) is 9.90 Å². The summed E-state index contributed by atoms with van der Waals surface area (Å²) in [5, 5.41) is 12.9. The lowest BCUT2D eigenvalue weighted by Gasteiger charge is -2.32. The van der Waals surface area contributed by atoms with E-state index in [0.717, 1.165) is 10.6 Å². The summed E-state index contributed by atoms with van der Waals surface area (Å²) in [5.74, 6) is 0.809. The largest absolute Gasteiger partial charge is 0.486 e. The zero-order valence-electron chi connectivity index (χ0n) is 18.2.